The Hall–Kier alpha value is -4.22. The van der Waals surface area contributed by atoms with Gasteiger partial charge in [0.2, 0.25) is 5.91 Å². The summed E-state index contributed by atoms with van der Waals surface area (Å²) >= 11 is 0. The van der Waals surface area contributed by atoms with Crippen LogP contribution in [-0.4, -0.2) is 66.7 Å². The van der Waals surface area contributed by atoms with Crippen molar-refractivity contribution in [1.82, 2.24) is 5.32 Å². The van der Waals surface area contributed by atoms with Crippen LogP contribution in [0.1, 0.15) is 49.8 Å². The van der Waals surface area contributed by atoms with Crippen LogP contribution in [0.3, 0.4) is 0 Å². The topological polar surface area (TPSA) is 132 Å². The highest BCUT2D eigenvalue weighted by Crippen LogP contribution is 2.47. The number of rotatable bonds is 15. The van der Waals surface area contributed by atoms with E-state index in [1.54, 1.807) is 54.2 Å². The number of benzene rings is 3. The van der Waals surface area contributed by atoms with Crippen molar-refractivity contribution in [3.63, 3.8) is 0 Å². The van der Waals surface area contributed by atoms with Gasteiger partial charge in [-0.25, -0.2) is 0 Å². The van der Waals surface area contributed by atoms with Gasteiger partial charge in [-0.2, -0.15) is 0 Å². The van der Waals surface area contributed by atoms with E-state index in [2.05, 4.69) is 5.32 Å². The fourth-order valence-corrected chi connectivity index (χ4v) is 6.38. The second-order valence-electron chi connectivity index (χ2n) is 12.0. The molecule has 0 radical (unpaired) electrons. The van der Waals surface area contributed by atoms with Crippen LogP contribution in [0.25, 0.3) is 0 Å². The van der Waals surface area contributed by atoms with Crippen molar-refractivity contribution in [3.05, 3.63) is 89.5 Å². The number of hydrogen-bond donors (Lipinski definition) is 4. The first-order chi connectivity index (χ1) is 22.8. The number of nitrogens with one attached hydrogen (secondary N) is 1. The highest BCUT2D eigenvalue weighted by atomic mass is 16.5. The maximum Gasteiger partial charge on any atom is 0.264 e. The molecule has 0 aromatic heterocycles. The van der Waals surface area contributed by atoms with E-state index in [4.69, 9.17) is 9.47 Å². The summed E-state index contributed by atoms with van der Waals surface area (Å²) in [4.78, 5) is 31.1. The number of methoxy groups -OCH3 is 1. The number of unbranched alkanes of at least 4 members (excludes halogenated alkanes) is 1. The Kier molecular flexibility index (Phi) is 11.0. The lowest BCUT2D eigenvalue weighted by atomic mass is 9.83. The van der Waals surface area contributed by atoms with Gasteiger partial charge in [0.15, 0.2) is 5.60 Å². The zero-order chi connectivity index (χ0) is 33.6. The number of ether oxygens (including phenoxy) is 2. The van der Waals surface area contributed by atoms with Crippen LogP contribution in [0.15, 0.2) is 72.8 Å². The molecule has 0 aliphatic carbocycles. The number of nitrogens with zero attached hydrogens (tertiary/aromatic N) is 2. The molecule has 3 aromatic carbocycles. The van der Waals surface area contributed by atoms with Crippen LogP contribution >= 0.6 is 0 Å². The Labute approximate surface area is 276 Å². The molecule has 250 valence electrons. The lowest BCUT2D eigenvalue weighted by Crippen LogP contribution is -2.49. The van der Waals surface area contributed by atoms with Gasteiger partial charge in [-0.15, -0.1) is 0 Å². The second kappa shape index (κ2) is 15.1. The largest absolute Gasteiger partial charge is 0.497 e. The summed E-state index contributed by atoms with van der Waals surface area (Å²) in [6.45, 7) is 5.18. The summed E-state index contributed by atoms with van der Waals surface area (Å²) in [5.74, 6) is 0.226. The Balaban J connectivity index is 1.43. The number of aliphatic hydroxyl groups excluding tert-OH is 2. The van der Waals surface area contributed by atoms with Crippen LogP contribution < -0.4 is 24.6 Å². The third-order valence-electron chi connectivity index (χ3n) is 8.91. The molecule has 1 unspecified atom stereocenters. The molecule has 0 bridgehead atoms. The third kappa shape index (κ3) is 6.92. The molecule has 4 N–H and O–H groups in total. The van der Waals surface area contributed by atoms with E-state index in [9.17, 15) is 24.9 Å². The van der Waals surface area contributed by atoms with Gasteiger partial charge in [0, 0.05) is 30.4 Å². The lowest BCUT2D eigenvalue weighted by Gasteiger charge is -2.35. The predicted octanol–water partition coefficient (Wildman–Crippen LogP) is 4.35. The summed E-state index contributed by atoms with van der Waals surface area (Å²) in [6, 6.07) is 18.2. The Morgan fingerprint density at radius 3 is 2.45 bits per heavy atom. The van der Waals surface area contributed by atoms with Crippen molar-refractivity contribution in [1.29, 1.82) is 0 Å². The molecule has 0 saturated heterocycles. The fraction of sp³-hybridized carbons (Fsp3) is 0.405. The highest BCUT2D eigenvalue weighted by Gasteiger charge is 2.52. The molecular formula is C37H45N3O7. The highest BCUT2D eigenvalue weighted by molar-refractivity contribution is 6.08. The monoisotopic (exact) mass is 643 g/mol. The molecule has 2 aliphatic heterocycles. The minimum atomic E-state index is -1.81. The number of aliphatic hydroxyl groups is 3. The van der Waals surface area contributed by atoms with E-state index in [1.165, 1.54) is 0 Å². The van der Waals surface area contributed by atoms with Gasteiger partial charge in [-0.05, 0) is 98.8 Å². The smallest absolute Gasteiger partial charge is 0.264 e. The number of anilines is 3. The Bertz CT molecular complexity index is 1590. The van der Waals surface area contributed by atoms with Gasteiger partial charge in [0.05, 0.1) is 37.7 Å². The molecule has 0 fully saturated rings. The van der Waals surface area contributed by atoms with Crippen LogP contribution in [0.4, 0.5) is 17.1 Å². The van der Waals surface area contributed by atoms with Crippen LogP contribution in [0, 0.1) is 5.92 Å². The first-order valence-electron chi connectivity index (χ1n) is 16.3. The summed E-state index contributed by atoms with van der Waals surface area (Å²) in [5.41, 5.74) is 2.58. The molecule has 5 rings (SSSR count). The number of hydrogen-bond acceptors (Lipinski definition) is 8. The number of fused-ring (bicyclic) bond motifs is 2. The van der Waals surface area contributed by atoms with E-state index >= 15 is 0 Å². The van der Waals surface area contributed by atoms with E-state index in [0.29, 0.717) is 55.1 Å². The van der Waals surface area contributed by atoms with E-state index < -0.39 is 23.5 Å². The van der Waals surface area contributed by atoms with Gasteiger partial charge >= 0.3 is 0 Å². The molecule has 2 heterocycles. The van der Waals surface area contributed by atoms with Crippen molar-refractivity contribution < 1.29 is 34.4 Å². The molecule has 0 spiro atoms. The van der Waals surface area contributed by atoms with E-state index in [1.807, 2.05) is 49.4 Å². The lowest BCUT2D eigenvalue weighted by molar-refractivity contribution is -0.139. The normalized spacial score (nSPS) is 19.7. The average Bonchev–Trinajstić information content (AvgIpc) is 3.29. The molecule has 2 aliphatic rings. The predicted molar refractivity (Wildman–Crippen MR) is 181 cm³/mol. The second-order valence-corrected chi connectivity index (χ2v) is 12.0. The Morgan fingerprint density at radius 2 is 1.74 bits per heavy atom. The molecule has 10 heteroatoms. The maximum atomic E-state index is 14.0. The van der Waals surface area contributed by atoms with Crippen molar-refractivity contribution in [2.75, 3.05) is 43.3 Å². The molecule has 3 aromatic rings. The van der Waals surface area contributed by atoms with Crippen molar-refractivity contribution in [2.24, 2.45) is 5.92 Å². The summed E-state index contributed by atoms with van der Waals surface area (Å²) < 4.78 is 11.2. The average molecular weight is 644 g/mol. The van der Waals surface area contributed by atoms with Crippen molar-refractivity contribution in [3.8, 4) is 11.5 Å². The first kappa shape index (κ1) is 34.1. The zero-order valence-electron chi connectivity index (χ0n) is 27.3. The van der Waals surface area contributed by atoms with Crippen molar-refractivity contribution in [2.45, 2.75) is 57.7 Å². The third-order valence-corrected chi connectivity index (χ3v) is 8.91. The SMILES string of the molecule is CCOc1ccc2c(c1)CC(NCCCCO)C(=O)N2c1ccc(CN2C(=O)[C@@](O)([C@@H](C)/C=C/CCO)c3cc(OC)ccc32)cc1. The standard InChI is InChI=1S/C37H45N3O7/c1-4-47-30-15-16-33-27(21-30)22-32(38-18-6-8-20-42)35(43)40(33)28-12-10-26(11-13-28)24-39-34-17-14-29(46-3)23-31(34)37(45,36(39)44)25(2)9-5-7-19-41/h5,9-17,21,23,25,32,38,41-42,45H,4,6-8,18-20,22,24H2,1-3H3/b9-5+/t25-,32?,37+/m0/s1. The quantitative estimate of drug-likeness (QED) is 0.142. The summed E-state index contributed by atoms with van der Waals surface area (Å²) in [6.07, 6.45) is 5.91. The number of amides is 2. The molecule has 3 atom stereocenters. The maximum absolute atomic E-state index is 14.0. The molecule has 0 saturated carbocycles. The molecule has 10 nitrogen and oxygen atoms in total. The zero-order valence-corrected chi connectivity index (χ0v) is 27.3. The first-order valence-corrected chi connectivity index (χ1v) is 16.3. The van der Waals surface area contributed by atoms with E-state index in [0.717, 1.165) is 29.0 Å². The fourth-order valence-electron chi connectivity index (χ4n) is 6.38. The molecular weight excluding hydrogens is 598 g/mol. The molecule has 2 amide bonds. The van der Waals surface area contributed by atoms with Gasteiger partial charge in [-0.1, -0.05) is 31.2 Å². The van der Waals surface area contributed by atoms with Gasteiger partial charge < -0.3 is 35.0 Å². The van der Waals surface area contributed by atoms with Gasteiger partial charge in [-0.3, -0.25) is 14.5 Å². The van der Waals surface area contributed by atoms with E-state index in [-0.39, 0.29) is 25.7 Å². The number of carbonyl (C=O) groups is 2. The molecule has 47 heavy (non-hydrogen) atoms. The number of carbonyl (C=O) groups excluding carboxylic acids is 2. The van der Waals surface area contributed by atoms with Gasteiger partial charge in [0.1, 0.15) is 11.5 Å². The summed E-state index contributed by atoms with van der Waals surface area (Å²) in [5, 5.41) is 33.7. The van der Waals surface area contributed by atoms with Crippen LogP contribution in [0.5, 0.6) is 11.5 Å². The van der Waals surface area contributed by atoms with Crippen LogP contribution in [-0.2, 0) is 28.2 Å². The minimum absolute atomic E-state index is 0.0210. The van der Waals surface area contributed by atoms with Crippen molar-refractivity contribution >= 4 is 28.9 Å². The van der Waals surface area contributed by atoms with Crippen LogP contribution in [0.2, 0.25) is 0 Å². The Morgan fingerprint density at radius 1 is 1.00 bits per heavy atom. The van der Waals surface area contributed by atoms with Gasteiger partial charge in [0.25, 0.3) is 5.91 Å². The summed E-state index contributed by atoms with van der Waals surface area (Å²) in [7, 11) is 1.54. The minimum Gasteiger partial charge on any atom is -0.497 e.